The molecule has 0 aromatic rings. The standard InChI is InChI=1S/C15H29N3O2/c1-5-9-18(10-14(19)17(3)4)15(20)12-7-6-8-13(16)11(12)2/h11-13H,5-10,16H2,1-4H3. The van der Waals surface area contributed by atoms with Gasteiger partial charge in [-0.15, -0.1) is 0 Å². The number of nitrogens with two attached hydrogens (primary N) is 1. The molecular weight excluding hydrogens is 254 g/mol. The van der Waals surface area contributed by atoms with Crippen LogP contribution in [0.3, 0.4) is 0 Å². The summed E-state index contributed by atoms with van der Waals surface area (Å²) in [6, 6.07) is 0.103. The maximum Gasteiger partial charge on any atom is 0.241 e. The minimum Gasteiger partial charge on any atom is -0.347 e. The summed E-state index contributed by atoms with van der Waals surface area (Å²) in [6.45, 7) is 4.90. The molecule has 0 aromatic carbocycles. The number of rotatable bonds is 5. The van der Waals surface area contributed by atoms with Crippen molar-refractivity contribution in [2.45, 2.75) is 45.6 Å². The summed E-state index contributed by atoms with van der Waals surface area (Å²) in [6.07, 6.45) is 3.75. The molecule has 1 aliphatic rings. The molecule has 1 fully saturated rings. The van der Waals surface area contributed by atoms with E-state index >= 15 is 0 Å². The lowest BCUT2D eigenvalue weighted by molar-refractivity contribution is -0.144. The van der Waals surface area contributed by atoms with Crippen LogP contribution in [0.5, 0.6) is 0 Å². The van der Waals surface area contributed by atoms with E-state index in [0.717, 1.165) is 25.7 Å². The average Bonchev–Trinajstić information content (AvgIpc) is 2.40. The van der Waals surface area contributed by atoms with Crippen molar-refractivity contribution >= 4 is 11.8 Å². The molecule has 0 aliphatic heterocycles. The third kappa shape index (κ3) is 4.20. The van der Waals surface area contributed by atoms with Gasteiger partial charge in [-0.2, -0.15) is 0 Å². The van der Waals surface area contributed by atoms with Crippen molar-refractivity contribution in [1.29, 1.82) is 0 Å². The van der Waals surface area contributed by atoms with E-state index in [0.29, 0.717) is 6.54 Å². The summed E-state index contributed by atoms with van der Waals surface area (Å²) >= 11 is 0. The van der Waals surface area contributed by atoms with Gasteiger partial charge in [0.1, 0.15) is 0 Å². The fourth-order valence-corrected chi connectivity index (χ4v) is 2.82. The lowest BCUT2D eigenvalue weighted by Gasteiger charge is -2.36. The molecule has 2 amide bonds. The first-order valence-electron chi connectivity index (χ1n) is 7.63. The van der Waals surface area contributed by atoms with E-state index in [4.69, 9.17) is 5.73 Å². The molecule has 0 aromatic heterocycles. The van der Waals surface area contributed by atoms with E-state index in [1.807, 2.05) is 6.92 Å². The minimum absolute atomic E-state index is 0.0275. The Labute approximate surface area is 122 Å². The number of hydrogen-bond donors (Lipinski definition) is 1. The molecule has 0 heterocycles. The van der Waals surface area contributed by atoms with Crippen LogP contribution in [0.1, 0.15) is 39.5 Å². The van der Waals surface area contributed by atoms with Gasteiger partial charge in [0.25, 0.3) is 0 Å². The van der Waals surface area contributed by atoms with Crippen LogP contribution in [0.15, 0.2) is 0 Å². The molecule has 116 valence electrons. The fourth-order valence-electron chi connectivity index (χ4n) is 2.82. The van der Waals surface area contributed by atoms with E-state index in [1.54, 1.807) is 19.0 Å². The monoisotopic (exact) mass is 283 g/mol. The topological polar surface area (TPSA) is 66.6 Å². The summed E-state index contributed by atoms with van der Waals surface area (Å²) in [5.41, 5.74) is 6.08. The summed E-state index contributed by atoms with van der Waals surface area (Å²) in [7, 11) is 3.44. The molecule has 5 nitrogen and oxygen atoms in total. The van der Waals surface area contributed by atoms with Crippen molar-refractivity contribution < 1.29 is 9.59 Å². The lowest BCUT2D eigenvalue weighted by atomic mass is 9.76. The summed E-state index contributed by atoms with van der Waals surface area (Å²) in [5.74, 6) is 0.245. The molecule has 0 saturated heterocycles. The second kappa shape index (κ2) is 7.62. The van der Waals surface area contributed by atoms with Gasteiger partial charge < -0.3 is 15.5 Å². The van der Waals surface area contributed by atoms with Gasteiger partial charge in [0.2, 0.25) is 11.8 Å². The number of nitrogens with zero attached hydrogens (tertiary/aromatic N) is 2. The second-order valence-electron chi connectivity index (χ2n) is 6.11. The number of hydrogen-bond acceptors (Lipinski definition) is 3. The summed E-state index contributed by atoms with van der Waals surface area (Å²) in [5, 5.41) is 0. The Morgan fingerprint density at radius 2 is 1.90 bits per heavy atom. The molecule has 20 heavy (non-hydrogen) atoms. The van der Waals surface area contributed by atoms with Gasteiger partial charge in [-0.3, -0.25) is 9.59 Å². The van der Waals surface area contributed by atoms with Crippen molar-refractivity contribution in [1.82, 2.24) is 9.80 Å². The number of carbonyl (C=O) groups is 2. The van der Waals surface area contributed by atoms with Crippen LogP contribution in [0.4, 0.5) is 0 Å². The second-order valence-corrected chi connectivity index (χ2v) is 6.11. The van der Waals surface area contributed by atoms with E-state index in [-0.39, 0.29) is 36.2 Å². The first-order valence-corrected chi connectivity index (χ1v) is 7.63. The quantitative estimate of drug-likeness (QED) is 0.821. The van der Waals surface area contributed by atoms with Gasteiger partial charge in [-0.1, -0.05) is 20.3 Å². The molecule has 3 unspecified atom stereocenters. The largest absolute Gasteiger partial charge is 0.347 e. The van der Waals surface area contributed by atoms with Gasteiger partial charge in [-0.05, 0) is 25.2 Å². The van der Waals surface area contributed by atoms with Crippen LogP contribution >= 0.6 is 0 Å². The van der Waals surface area contributed by atoms with E-state index in [1.165, 1.54) is 4.90 Å². The molecule has 1 aliphatic carbocycles. The lowest BCUT2D eigenvalue weighted by Crippen LogP contribution is -2.48. The van der Waals surface area contributed by atoms with Crippen molar-refractivity contribution in [3.8, 4) is 0 Å². The van der Waals surface area contributed by atoms with Crippen LogP contribution < -0.4 is 5.73 Å². The molecule has 2 N–H and O–H groups in total. The maximum atomic E-state index is 12.7. The molecule has 0 spiro atoms. The van der Waals surface area contributed by atoms with Gasteiger partial charge in [0.05, 0.1) is 6.54 Å². The van der Waals surface area contributed by atoms with E-state index < -0.39 is 0 Å². The summed E-state index contributed by atoms with van der Waals surface area (Å²) in [4.78, 5) is 27.8. The van der Waals surface area contributed by atoms with Gasteiger partial charge in [-0.25, -0.2) is 0 Å². The van der Waals surface area contributed by atoms with Crippen LogP contribution in [0, 0.1) is 11.8 Å². The predicted molar refractivity (Wildman–Crippen MR) is 80.0 cm³/mol. The molecule has 5 heteroatoms. The Bertz CT molecular complexity index is 344. The Balaban J connectivity index is 2.74. The van der Waals surface area contributed by atoms with Crippen molar-refractivity contribution in [3.63, 3.8) is 0 Å². The molecule has 1 saturated carbocycles. The zero-order valence-electron chi connectivity index (χ0n) is 13.3. The highest BCUT2D eigenvalue weighted by atomic mass is 16.2. The first kappa shape index (κ1) is 17.0. The third-order valence-electron chi connectivity index (χ3n) is 4.31. The van der Waals surface area contributed by atoms with Crippen LogP contribution in [0.25, 0.3) is 0 Å². The molecule has 0 bridgehead atoms. The molecule has 1 rings (SSSR count). The first-order chi connectivity index (χ1) is 9.38. The van der Waals surface area contributed by atoms with Crippen LogP contribution in [0.2, 0.25) is 0 Å². The Kier molecular flexibility index (Phi) is 6.46. The SMILES string of the molecule is CCCN(CC(=O)N(C)C)C(=O)C1CCCC(N)C1C. The number of carbonyl (C=O) groups excluding carboxylic acids is 2. The molecule has 3 atom stereocenters. The molecular formula is C15H29N3O2. The van der Waals surface area contributed by atoms with Crippen molar-refractivity contribution in [3.05, 3.63) is 0 Å². The zero-order valence-corrected chi connectivity index (χ0v) is 13.3. The van der Waals surface area contributed by atoms with Crippen LogP contribution in [-0.4, -0.2) is 54.8 Å². The Hall–Kier alpha value is -1.10. The maximum absolute atomic E-state index is 12.7. The highest BCUT2D eigenvalue weighted by molar-refractivity contribution is 5.86. The fraction of sp³-hybridized carbons (Fsp3) is 0.867. The number of likely N-dealkylation sites (N-methyl/N-ethyl adjacent to an activating group) is 1. The minimum atomic E-state index is -0.0282. The van der Waals surface area contributed by atoms with Gasteiger partial charge >= 0.3 is 0 Å². The van der Waals surface area contributed by atoms with E-state index in [9.17, 15) is 9.59 Å². The average molecular weight is 283 g/mol. The third-order valence-corrected chi connectivity index (χ3v) is 4.31. The van der Waals surface area contributed by atoms with Crippen molar-refractivity contribution in [2.24, 2.45) is 17.6 Å². The Morgan fingerprint density at radius 3 is 2.45 bits per heavy atom. The predicted octanol–water partition coefficient (Wildman–Crippen LogP) is 1.08. The zero-order chi connectivity index (χ0) is 15.3. The molecule has 0 radical (unpaired) electrons. The smallest absolute Gasteiger partial charge is 0.241 e. The highest BCUT2D eigenvalue weighted by Gasteiger charge is 2.35. The van der Waals surface area contributed by atoms with Crippen molar-refractivity contribution in [2.75, 3.05) is 27.2 Å². The Morgan fingerprint density at radius 1 is 1.25 bits per heavy atom. The highest BCUT2D eigenvalue weighted by Crippen LogP contribution is 2.30. The van der Waals surface area contributed by atoms with E-state index in [2.05, 4.69) is 6.92 Å². The normalized spacial score (nSPS) is 26.1. The summed E-state index contributed by atoms with van der Waals surface area (Å²) < 4.78 is 0. The van der Waals surface area contributed by atoms with Gasteiger partial charge in [0, 0.05) is 32.6 Å². The van der Waals surface area contributed by atoms with Crippen LogP contribution in [-0.2, 0) is 9.59 Å². The van der Waals surface area contributed by atoms with Gasteiger partial charge in [0.15, 0.2) is 0 Å². The number of amides is 2.